The Balaban J connectivity index is 1.71. The van der Waals surface area contributed by atoms with E-state index in [0.717, 1.165) is 45.0 Å². The minimum absolute atomic E-state index is 0.0415. The Morgan fingerprint density at radius 3 is 2.88 bits per heavy atom. The van der Waals surface area contributed by atoms with E-state index in [9.17, 15) is 4.79 Å². The van der Waals surface area contributed by atoms with Gasteiger partial charge in [-0.2, -0.15) is 15.0 Å². The first kappa shape index (κ1) is 16.5. The standard InChI is InChI=1S/C14H22N8O2/c1-20(2)13(23)9-12-14(17-18-16-12)22-11(10-15-19-22)3-4-21-5-7-24-8-6-21/h10H,3-9H2,1-2H3,(H,16,17,18). The van der Waals surface area contributed by atoms with Crippen LogP contribution in [0.4, 0.5) is 0 Å². The maximum Gasteiger partial charge on any atom is 0.228 e. The van der Waals surface area contributed by atoms with Crippen molar-refractivity contribution < 1.29 is 9.53 Å². The molecule has 1 N–H and O–H groups in total. The molecule has 1 aliphatic rings. The summed E-state index contributed by atoms with van der Waals surface area (Å²) in [6.45, 7) is 4.33. The lowest BCUT2D eigenvalue weighted by atomic mass is 10.2. The van der Waals surface area contributed by atoms with E-state index < -0.39 is 0 Å². The molecule has 130 valence electrons. The van der Waals surface area contributed by atoms with Crippen LogP contribution in [0.3, 0.4) is 0 Å². The van der Waals surface area contributed by atoms with E-state index in [1.807, 2.05) is 0 Å². The van der Waals surface area contributed by atoms with Crippen molar-refractivity contribution in [3.05, 3.63) is 17.6 Å². The van der Waals surface area contributed by atoms with Gasteiger partial charge in [0.1, 0.15) is 5.69 Å². The Kier molecular flexibility index (Phi) is 5.16. The van der Waals surface area contributed by atoms with E-state index in [1.54, 1.807) is 25.0 Å². The highest BCUT2D eigenvalue weighted by Gasteiger charge is 2.19. The highest BCUT2D eigenvalue weighted by molar-refractivity contribution is 5.78. The van der Waals surface area contributed by atoms with Crippen molar-refractivity contribution in [2.75, 3.05) is 46.9 Å². The van der Waals surface area contributed by atoms with Gasteiger partial charge in [0.25, 0.3) is 0 Å². The summed E-state index contributed by atoms with van der Waals surface area (Å²) in [5, 5.41) is 18.9. The highest BCUT2D eigenvalue weighted by Crippen LogP contribution is 2.12. The molecule has 1 amide bonds. The predicted molar refractivity (Wildman–Crippen MR) is 84.7 cm³/mol. The van der Waals surface area contributed by atoms with E-state index in [1.165, 1.54) is 4.90 Å². The summed E-state index contributed by atoms with van der Waals surface area (Å²) in [5.74, 6) is 0.486. The normalized spacial score (nSPS) is 15.6. The molecule has 1 fully saturated rings. The van der Waals surface area contributed by atoms with Crippen molar-refractivity contribution in [1.82, 2.24) is 40.2 Å². The van der Waals surface area contributed by atoms with Gasteiger partial charge in [-0.3, -0.25) is 9.69 Å². The monoisotopic (exact) mass is 334 g/mol. The van der Waals surface area contributed by atoms with Gasteiger partial charge in [0.05, 0.1) is 31.5 Å². The van der Waals surface area contributed by atoms with Crippen LogP contribution in [-0.2, 0) is 22.4 Å². The molecule has 1 saturated heterocycles. The minimum Gasteiger partial charge on any atom is -0.379 e. The zero-order chi connectivity index (χ0) is 16.9. The highest BCUT2D eigenvalue weighted by atomic mass is 16.5. The Bertz CT molecular complexity index is 674. The van der Waals surface area contributed by atoms with E-state index >= 15 is 0 Å². The molecular weight excluding hydrogens is 312 g/mol. The molecule has 0 spiro atoms. The van der Waals surface area contributed by atoms with Crippen LogP contribution in [0.15, 0.2) is 6.20 Å². The van der Waals surface area contributed by atoms with Gasteiger partial charge in [0.15, 0.2) is 0 Å². The molecule has 0 bridgehead atoms. The largest absolute Gasteiger partial charge is 0.379 e. The van der Waals surface area contributed by atoms with Crippen molar-refractivity contribution >= 4 is 5.91 Å². The lowest BCUT2D eigenvalue weighted by Crippen LogP contribution is -2.37. The zero-order valence-corrected chi connectivity index (χ0v) is 14.0. The van der Waals surface area contributed by atoms with Gasteiger partial charge in [0, 0.05) is 40.2 Å². The lowest BCUT2D eigenvalue weighted by molar-refractivity contribution is -0.128. The number of H-pyrrole nitrogens is 1. The van der Waals surface area contributed by atoms with Crippen LogP contribution < -0.4 is 0 Å². The molecule has 3 heterocycles. The van der Waals surface area contributed by atoms with Crippen LogP contribution in [0.2, 0.25) is 0 Å². The zero-order valence-electron chi connectivity index (χ0n) is 14.0. The smallest absolute Gasteiger partial charge is 0.228 e. The Hall–Kier alpha value is -2.33. The fourth-order valence-corrected chi connectivity index (χ4v) is 2.54. The number of morpholine rings is 1. The van der Waals surface area contributed by atoms with Crippen LogP contribution in [0.5, 0.6) is 0 Å². The quantitative estimate of drug-likeness (QED) is 0.714. The number of nitrogens with one attached hydrogen (secondary N) is 1. The van der Waals surface area contributed by atoms with Crippen molar-refractivity contribution in [3.63, 3.8) is 0 Å². The van der Waals surface area contributed by atoms with Crippen LogP contribution in [0.1, 0.15) is 11.4 Å². The summed E-state index contributed by atoms with van der Waals surface area (Å²) < 4.78 is 7.02. The number of ether oxygens (including phenoxy) is 1. The van der Waals surface area contributed by atoms with Crippen LogP contribution >= 0.6 is 0 Å². The Morgan fingerprint density at radius 2 is 2.12 bits per heavy atom. The van der Waals surface area contributed by atoms with E-state index in [2.05, 4.69) is 30.6 Å². The number of rotatable bonds is 6. The number of carbonyl (C=O) groups excluding carboxylic acids is 1. The molecule has 24 heavy (non-hydrogen) atoms. The second-order valence-corrected chi connectivity index (χ2v) is 5.90. The molecule has 0 aromatic carbocycles. The third-order valence-electron chi connectivity index (χ3n) is 4.02. The summed E-state index contributed by atoms with van der Waals surface area (Å²) in [6.07, 6.45) is 2.69. The third kappa shape index (κ3) is 3.77. The average molecular weight is 334 g/mol. The van der Waals surface area contributed by atoms with Crippen molar-refractivity contribution in [3.8, 4) is 5.82 Å². The van der Waals surface area contributed by atoms with Gasteiger partial charge < -0.3 is 9.64 Å². The van der Waals surface area contributed by atoms with E-state index in [-0.39, 0.29) is 12.3 Å². The molecule has 10 nitrogen and oxygen atoms in total. The molecular formula is C14H22N8O2. The Labute approximate surface area is 139 Å². The van der Waals surface area contributed by atoms with Crippen molar-refractivity contribution in [2.24, 2.45) is 0 Å². The predicted octanol–water partition coefficient (Wildman–Crippen LogP) is -1.11. The summed E-state index contributed by atoms with van der Waals surface area (Å²) in [7, 11) is 3.43. The molecule has 3 rings (SSSR count). The van der Waals surface area contributed by atoms with E-state index in [0.29, 0.717) is 11.5 Å². The summed E-state index contributed by atoms with van der Waals surface area (Å²) in [6, 6.07) is 0. The first-order valence-corrected chi connectivity index (χ1v) is 7.95. The minimum atomic E-state index is -0.0415. The molecule has 0 atom stereocenters. The molecule has 10 heteroatoms. The topological polar surface area (TPSA) is 105 Å². The summed E-state index contributed by atoms with van der Waals surface area (Å²) >= 11 is 0. The number of amides is 1. The number of carbonyl (C=O) groups is 1. The maximum absolute atomic E-state index is 11.9. The number of aromatic amines is 1. The average Bonchev–Trinajstić information content (AvgIpc) is 3.22. The van der Waals surface area contributed by atoms with Gasteiger partial charge in [-0.1, -0.05) is 5.21 Å². The first-order valence-electron chi connectivity index (χ1n) is 7.95. The maximum atomic E-state index is 11.9. The first-order chi connectivity index (χ1) is 11.6. The summed E-state index contributed by atoms with van der Waals surface area (Å²) in [5.41, 5.74) is 1.50. The van der Waals surface area contributed by atoms with Gasteiger partial charge >= 0.3 is 0 Å². The van der Waals surface area contributed by atoms with Crippen LogP contribution in [-0.4, -0.2) is 93.1 Å². The number of aromatic nitrogens is 6. The van der Waals surface area contributed by atoms with Crippen LogP contribution in [0.25, 0.3) is 5.82 Å². The van der Waals surface area contributed by atoms with Gasteiger partial charge in [-0.25, -0.2) is 0 Å². The van der Waals surface area contributed by atoms with Crippen LogP contribution in [0, 0.1) is 0 Å². The molecule has 2 aromatic rings. The fraction of sp³-hybridized carbons (Fsp3) is 0.643. The van der Waals surface area contributed by atoms with E-state index in [4.69, 9.17) is 4.74 Å². The lowest BCUT2D eigenvalue weighted by Gasteiger charge is -2.26. The second kappa shape index (κ2) is 7.49. The molecule has 0 saturated carbocycles. The van der Waals surface area contributed by atoms with Gasteiger partial charge in [-0.15, -0.1) is 10.2 Å². The molecule has 1 aliphatic heterocycles. The number of nitrogens with zero attached hydrogens (tertiary/aromatic N) is 7. The number of hydrogen-bond donors (Lipinski definition) is 1. The SMILES string of the molecule is CN(C)C(=O)Cc1n[nH]nc1-n1nncc1CCN1CCOCC1. The number of likely N-dealkylation sites (N-methyl/N-ethyl adjacent to an activating group) is 1. The third-order valence-corrected chi connectivity index (χ3v) is 4.02. The summed E-state index contributed by atoms with van der Waals surface area (Å²) in [4.78, 5) is 15.8. The molecule has 0 aliphatic carbocycles. The fourth-order valence-electron chi connectivity index (χ4n) is 2.54. The van der Waals surface area contributed by atoms with Crippen molar-refractivity contribution in [2.45, 2.75) is 12.8 Å². The van der Waals surface area contributed by atoms with Gasteiger partial charge in [-0.05, 0) is 0 Å². The molecule has 0 radical (unpaired) electrons. The van der Waals surface area contributed by atoms with Crippen molar-refractivity contribution in [1.29, 1.82) is 0 Å². The second-order valence-electron chi connectivity index (χ2n) is 5.90. The number of hydrogen-bond acceptors (Lipinski definition) is 7. The van der Waals surface area contributed by atoms with Gasteiger partial charge in [0.2, 0.25) is 11.7 Å². The molecule has 0 unspecified atom stereocenters. The molecule has 2 aromatic heterocycles. The Morgan fingerprint density at radius 1 is 1.33 bits per heavy atom.